The van der Waals surface area contributed by atoms with E-state index in [9.17, 15) is 4.79 Å². The third-order valence-electron chi connectivity index (χ3n) is 3.40. The average Bonchev–Trinajstić information content (AvgIpc) is 2.81. The number of rotatable bonds is 5. The van der Waals surface area contributed by atoms with Gasteiger partial charge in [0, 0.05) is 13.2 Å². The summed E-state index contributed by atoms with van der Waals surface area (Å²) in [6.07, 6.45) is 2.50. The first-order valence-corrected chi connectivity index (χ1v) is 7.05. The number of likely N-dealkylation sites (N-methyl/N-ethyl adjacent to an activating group) is 1. The lowest BCUT2D eigenvalue weighted by Gasteiger charge is -2.25. The van der Waals surface area contributed by atoms with Crippen LogP contribution in [0.3, 0.4) is 0 Å². The summed E-state index contributed by atoms with van der Waals surface area (Å²) in [7, 11) is 3.90. The van der Waals surface area contributed by atoms with Crippen molar-refractivity contribution in [2.24, 2.45) is 0 Å². The van der Waals surface area contributed by atoms with E-state index >= 15 is 0 Å². The summed E-state index contributed by atoms with van der Waals surface area (Å²) in [6, 6.07) is 0. The molecular weight excluding hydrogens is 280 g/mol. The SMILES string of the molecule is CN(C)CCn1ncc(NC2(C)CCOC2)c(Cl)c1=O. The highest BCUT2D eigenvalue weighted by atomic mass is 35.5. The third kappa shape index (κ3) is 3.50. The van der Waals surface area contributed by atoms with Crippen LogP contribution >= 0.6 is 11.6 Å². The molecule has 0 amide bonds. The first-order valence-electron chi connectivity index (χ1n) is 6.67. The summed E-state index contributed by atoms with van der Waals surface area (Å²) in [6.45, 7) is 4.63. The molecule has 1 aliphatic rings. The molecule has 1 saturated heterocycles. The van der Waals surface area contributed by atoms with Crippen molar-refractivity contribution in [3.05, 3.63) is 21.6 Å². The predicted molar refractivity (Wildman–Crippen MR) is 79.5 cm³/mol. The van der Waals surface area contributed by atoms with Crippen LogP contribution in [0.5, 0.6) is 0 Å². The summed E-state index contributed by atoms with van der Waals surface area (Å²) in [5, 5.41) is 7.64. The van der Waals surface area contributed by atoms with Crippen LogP contribution in [0.4, 0.5) is 5.69 Å². The van der Waals surface area contributed by atoms with Gasteiger partial charge in [0.15, 0.2) is 0 Å². The zero-order valence-corrected chi connectivity index (χ0v) is 12.9. The molecule has 2 heterocycles. The molecule has 112 valence electrons. The van der Waals surface area contributed by atoms with Gasteiger partial charge in [0.2, 0.25) is 0 Å². The van der Waals surface area contributed by atoms with Crippen molar-refractivity contribution >= 4 is 17.3 Å². The first-order chi connectivity index (χ1) is 9.41. The van der Waals surface area contributed by atoms with E-state index in [0.717, 1.165) is 13.0 Å². The number of hydrogen-bond donors (Lipinski definition) is 1. The average molecular weight is 301 g/mol. The van der Waals surface area contributed by atoms with E-state index in [-0.39, 0.29) is 16.1 Å². The van der Waals surface area contributed by atoms with Crippen LogP contribution < -0.4 is 10.9 Å². The second kappa shape index (κ2) is 6.11. The van der Waals surface area contributed by atoms with E-state index in [0.29, 0.717) is 25.4 Å². The van der Waals surface area contributed by atoms with Gasteiger partial charge in [0.25, 0.3) is 5.56 Å². The van der Waals surface area contributed by atoms with Crippen molar-refractivity contribution < 1.29 is 4.74 Å². The van der Waals surface area contributed by atoms with Crippen LogP contribution in [-0.2, 0) is 11.3 Å². The summed E-state index contributed by atoms with van der Waals surface area (Å²) in [5.41, 5.74) is 0.125. The number of halogens is 1. The molecule has 0 aliphatic carbocycles. The molecule has 6 nitrogen and oxygen atoms in total. The molecule has 1 fully saturated rings. The fraction of sp³-hybridized carbons (Fsp3) is 0.692. The van der Waals surface area contributed by atoms with E-state index in [1.165, 1.54) is 4.68 Å². The van der Waals surface area contributed by atoms with Gasteiger partial charge in [-0.2, -0.15) is 5.10 Å². The molecule has 1 aromatic rings. The molecule has 1 aromatic heterocycles. The lowest BCUT2D eigenvalue weighted by atomic mass is 10.0. The molecule has 1 N–H and O–H groups in total. The fourth-order valence-corrected chi connectivity index (χ4v) is 2.29. The molecular formula is C13H21ClN4O2. The van der Waals surface area contributed by atoms with Gasteiger partial charge in [-0.1, -0.05) is 11.6 Å². The van der Waals surface area contributed by atoms with Crippen molar-refractivity contribution in [2.45, 2.75) is 25.4 Å². The van der Waals surface area contributed by atoms with Crippen molar-refractivity contribution in [3.63, 3.8) is 0 Å². The summed E-state index contributed by atoms with van der Waals surface area (Å²) in [5.74, 6) is 0. The lowest BCUT2D eigenvalue weighted by molar-refractivity contribution is 0.185. The van der Waals surface area contributed by atoms with Crippen molar-refractivity contribution in [2.75, 3.05) is 39.2 Å². The van der Waals surface area contributed by atoms with Crippen LogP contribution in [0.1, 0.15) is 13.3 Å². The molecule has 1 atom stereocenters. The highest BCUT2D eigenvalue weighted by molar-refractivity contribution is 6.32. The predicted octanol–water partition coefficient (Wildman–Crippen LogP) is 1.05. The maximum Gasteiger partial charge on any atom is 0.287 e. The molecule has 0 bridgehead atoms. The molecule has 2 rings (SSSR count). The Kier molecular flexibility index (Phi) is 4.67. The van der Waals surface area contributed by atoms with Crippen LogP contribution in [0, 0.1) is 0 Å². The normalized spacial score (nSPS) is 22.4. The molecule has 0 radical (unpaired) electrons. The Bertz CT molecular complexity index is 524. The quantitative estimate of drug-likeness (QED) is 0.881. The topological polar surface area (TPSA) is 59.4 Å². The standard InChI is InChI=1S/C13H21ClN4O2/c1-13(4-7-20-9-13)16-10-8-15-18(6-5-17(2)3)12(19)11(10)14/h8,16H,4-7,9H2,1-3H3. The maximum atomic E-state index is 12.2. The Labute approximate surface area is 123 Å². The zero-order valence-electron chi connectivity index (χ0n) is 12.1. The van der Waals surface area contributed by atoms with E-state index in [1.807, 2.05) is 25.9 Å². The van der Waals surface area contributed by atoms with E-state index in [2.05, 4.69) is 10.4 Å². The molecule has 0 spiro atoms. The highest BCUT2D eigenvalue weighted by Crippen LogP contribution is 2.26. The van der Waals surface area contributed by atoms with E-state index < -0.39 is 0 Å². The Balaban J connectivity index is 2.16. The van der Waals surface area contributed by atoms with Gasteiger partial charge in [0.1, 0.15) is 5.02 Å². The summed E-state index contributed by atoms with van der Waals surface area (Å²) >= 11 is 6.16. The van der Waals surface area contributed by atoms with Crippen LogP contribution in [0.15, 0.2) is 11.0 Å². The number of nitrogens with one attached hydrogen (secondary N) is 1. The minimum atomic E-state index is -0.263. The summed E-state index contributed by atoms with van der Waals surface area (Å²) < 4.78 is 6.77. The number of ether oxygens (including phenoxy) is 1. The second-order valence-electron chi connectivity index (χ2n) is 5.69. The molecule has 0 saturated carbocycles. The minimum Gasteiger partial charge on any atom is -0.379 e. The Morgan fingerprint density at radius 2 is 2.35 bits per heavy atom. The van der Waals surface area contributed by atoms with E-state index in [4.69, 9.17) is 16.3 Å². The Morgan fingerprint density at radius 3 is 2.95 bits per heavy atom. The molecule has 20 heavy (non-hydrogen) atoms. The molecule has 7 heteroatoms. The largest absolute Gasteiger partial charge is 0.379 e. The van der Waals surface area contributed by atoms with Crippen LogP contribution in [0.25, 0.3) is 0 Å². The van der Waals surface area contributed by atoms with Crippen molar-refractivity contribution in [1.82, 2.24) is 14.7 Å². The number of hydrogen-bond acceptors (Lipinski definition) is 5. The molecule has 1 unspecified atom stereocenters. The Morgan fingerprint density at radius 1 is 1.60 bits per heavy atom. The van der Waals surface area contributed by atoms with Crippen molar-refractivity contribution in [3.8, 4) is 0 Å². The minimum absolute atomic E-state index is 0.187. The van der Waals surface area contributed by atoms with E-state index in [1.54, 1.807) is 6.20 Å². The van der Waals surface area contributed by atoms with Gasteiger partial charge in [-0.3, -0.25) is 4.79 Å². The number of anilines is 1. The van der Waals surface area contributed by atoms with Crippen LogP contribution in [0.2, 0.25) is 5.02 Å². The van der Waals surface area contributed by atoms with Gasteiger partial charge in [0.05, 0.1) is 30.6 Å². The van der Waals surface area contributed by atoms with Gasteiger partial charge in [-0.15, -0.1) is 0 Å². The zero-order chi connectivity index (χ0) is 14.8. The van der Waals surface area contributed by atoms with Gasteiger partial charge in [-0.25, -0.2) is 4.68 Å². The second-order valence-corrected chi connectivity index (χ2v) is 6.07. The fourth-order valence-electron chi connectivity index (χ4n) is 2.10. The third-order valence-corrected chi connectivity index (χ3v) is 3.76. The molecule has 1 aliphatic heterocycles. The number of nitrogens with zero attached hydrogens (tertiary/aromatic N) is 3. The highest BCUT2D eigenvalue weighted by Gasteiger charge is 2.30. The first kappa shape index (κ1) is 15.3. The van der Waals surface area contributed by atoms with Crippen LogP contribution in [-0.4, -0.2) is 54.1 Å². The Hall–Kier alpha value is -1.11. The van der Waals surface area contributed by atoms with Gasteiger partial charge in [-0.05, 0) is 27.4 Å². The lowest BCUT2D eigenvalue weighted by Crippen LogP contribution is -2.36. The van der Waals surface area contributed by atoms with Gasteiger partial charge >= 0.3 is 0 Å². The molecule has 0 aromatic carbocycles. The van der Waals surface area contributed by atoms with Crippen molar-refractivity contribution in [1.29, 1.82) is 0 Å². The smallest absolute Gasteiger partial charge is 0.287 e. The monoisotopic (exact) mass is 300 g/mol. The number of aromatic nitrogens is 2. The maximum absolute atomic E-state index is 12.2. The van der Waals surface area contributed by atoms with Gasteiger partial charge < -0.3 is 15.0 Å². The summed E-state index contributed by atoms with van der Waals surface area (Å²) in [4.78, 5) is 14.2.